The van der Waals surface area contributed by atoms with E-state index in [0.717, 1.165) is 12.1 Å². The van der Waals surface area contributed by atoms with Crippen LogP contribution in [0.5, 0.6) is 0 Å². The minimum Gasteiger partial charge on any atom is -0.392 e. The third-order valence-corrected chi connectivity index (χ3v) is 2.74. The van der Waals surface area contributed by atoms with E-state index >= 15 is 0 Å². The molecule has 2 aromatic rings. The van der Waals surface area contributed by atoms with Crippen LogP contribution < -0.4 is 0 Å². The monoisotopic (exact) mass is 270 g/mol. The molecule has 2 rings (SSSR count). The summed E-state index contributed by atoms with van der Waals surface area (Å²) in [7, 11) is 0. The Morgan fingerprint density at radius 3 is 2.21 bits per heavy atom. The Balaban J connectivity index is 2.67. The molecule has 0 unspecified atom stereocenters. The average molecular weight is 270 g/mol. The van der Waals surface area contributed by atoms with Gasteiger partial charge in [0.25, 0.3) is 0 Å². The number of alkyl halides is 3. The summed E-state index contributed by atoms with van der Waals surface area (Å²) in [6.07, 6.45) is -4.61. The lowest BCUT2D eigenvalue weighted by Gasteiger charge is -2.14. The highest BCUT2D eigenvalue weighted by molar-refractivity contribution is 5.69. The van der Waals surface area contributed by atoms with Gasteiger partial charge >= 0.3 is 6.18 Å². The summed E-state index contributed by atoms with van der Waals surface area (Å²) in [5.41, 5.74) is -1.17. The molecule has 0 heterocycles. The highest BCUT2D eigenvalue weighted by atomic mass is 19.4. The van der Waals surface area contributed by atoms with Gasteiger partial charge in [0, 0.05) is 5.56 Å². The molecule has 100 valence electrons. The molecule has 0 spiro atoms. The van der Waals surface area contributed by atoms with Crippen molar-refractivity contribution in [1.82, 2.24) is 0 Å². The molecule has 0 amide bonds. The molecule has 0 saturated carbocycles. The molecule has 1 nitrogen and oxygen atoms in total. The molecule has 2 aromatic carbocycles. The van der Waals surface area contributed by atoms with Crippen LogP contribution in [0.3, 0.4) is 0 Å². The SMILES string of the molecule is OCc1ccc(-c2ccccc2F)c(C(F)(F)F)c1. The maximum absolute atomic E-state index is 13.6. The van der Waals surface area contributed by atoms with Crippen LogP contribution in [0.25, 0.3) is 11.1 Å². The molecule has 0 aliphatic carbocycles. The second-order valence-corrected chi connectivity index (χ2v) is 4.02. The third kappa shape index (κ3) is 2.76. The third-order valence-electron chi connectivity index (χ3n) is 2.74. The highest BCUT2D eigenvalue weighted by Crippen LogP contribution is 2.38. The summed E-state index contributed by atoms with van der Waals surface area (Å²) in [6.45, 7) is -0.499. The number of rotatable bonds is 2. The van der Waals surface area contributed by atoms with E-state index in [1.807, 2.05) is 0 Å². The quantitative estimate of drug-likeness (QED) is 0.818. The van der Waals surface area contributed by atoms with Crippen LogP contribution in [0.4, 0.5) is 17.6 Å². The Hall–Kier alpha value is -1.88. The molecule has 0 fully saturated rings. The number of halogens is 4. The van der Waals surface area contributed by atoms with Crippen LogP contribution in [0.2, 0.25) is 0 Å². The van der Waals surface area contributed by atoms with Gasteiger partial charge in [-0.3, -0.25) is 0 Å². The zero-order valence-electron chi connectivity index (χ0n) is 9.71. The van der Waals surface area contributed by atoms with Crippen LogP contribution in [-0.2, 0) is 12.8 Å². The van der Waals surface area contributed by atoms with Gasteiger partial charge in [-0.1, -0.05) is 30.3 Å². The second-order valence-electron chi connectivity index (χ2n) is 4.02. The summed E-state index contributed by atoms with van der Waals surface area (Å²) in [5.74, 6) is -0.718. The minimum absolute atomic E-state index is 0.112. The van der Waals surface area contributed by atoms with Crippen molar-refractivity contribution in [3.8, 4) is 11.1 Å². The molecule has 1 N–H and O–H groups in total. The van der Waals surface area contributed by atoms with Gasteiger partial charge in [0.05, 0.1) is 12.2 Å². The number of hydrogen-bond donors (Lipinski definition) is 1. The lowest BCUT2D eigenvalue weighted by atomic mass is 9.97. The van der Waals surface area contributed by atoms with Crippen LogP contribution in [-0.4, -0.2) is 5.11 Å². The molecule has 0 saturated heterocycles. The maximum atomic E-state index is 13.6. The molecular formula is C14H10F4O. The van der Waals surface area contributed by atoms with E-state index in [-0.39, 0.29) is 16.7 Å². The summed E-state index contributed by atoms with van der Waals surface area (Å²) in [5, 5.41) is 8.90. The molecule has 0 atom stereocenters. The molecule has 0 aliphatic heterocycles. The topological polar surface area (TPSA) is 20.2 Å². The van der Waals surface area contributed by atoms with E-state index < -0.39 is 24.2 Å². The van der Waals surface area contributed by atoms with Gasteiger partial charge in [-0.15, -0.1) is 0 Å². The smallest absolute Gasteiger partial charge is 0.392 e. The van der Waals surface area contributed by atoms with Crippen LogP contribution >= 0.6 is 0 Å². The van der Waals surface area contributed by atoms with Crippen LogP contribution in [0.1, 0.15) is 11.1 Å². The molecule has 0 radical (unpaired) electrons. The first-order chi connectivity index (χ1) is 8.93. The summed E-state index contributed by atoms with van der Waals surface area (Å²) < 4.78 is 52.5. The minimum atomic E-state index is -4.61. The normalized spacial score (nSPS) is 11.6. The molecule has 0 bridgehead atoms. The standard InChI is InChI=1S/C14H10F4O/c15-13-4-2-1-3-11(13)10-6-5-9(8-19)7-12(10)14(16,17)18/h1-7,19H,8H2. The first-order valence-electron chi connectivity index (χ1n) is 5.49. The van der Waals surface area contributed by atoms with Gasteiger partial charge in [-0.25, -0.2) is 4.39 Å². The van der Waals surface area contributed by atoms with Gasteiger partial charge in [-0.05, 0) is 23.3 Å². The van der Waals surface area contributed by atoms with Crippen LogP contribution in [0, 0.1) is 5.82 Å². The predicted octanol–water partition coefficient (Wildman–Crippen LogP) is 4.00. The predicted molar refractivity (Wildman–Crippen MR) is 62.8 cm³/mol. The second kappa shape index (κ2) is 5.01. The molecule has 0 aliphatic rings. The van der Waals surface area contributed by atoms with Gasteiger partial charge in [0.1, 0.15) is 5.82 Å². The fourth-order valence-corrected chi connectivity index (χ4v) is 1.84. The Bertz CT molecular complexity index is 590. The fraction of sp³-hybridized carbons (Fsp3) is 0.143. The summed E-state index contributed by atoms with van der Waals surface area (Å²) in [6, 6.07) is 8.63. The van der Waals surface area contributed by atoms with Crippen molar-refractivity contribution >= 4 is 0 Å². The Morgan fingerprint density at radius 2 is 1.63 bits per heavy atom. The van der Waals surface area contributed by atoms with Crippen LogP contribution in [0.15, 0.2) is 42.5 Å². The van der Waals surface area contributed by atoms with E-state index in [9.17, 15) is 17.6 Å². The number of aliphatic hydroxyl groups is 1. The number of aliphatic hydroxyl groups excluding tert-OH is 1. The van der Waals surface area contributed by atoms with E-state index in [0.29, 0.717) is 0 Å². The average Bonchev–Trinajstić information content (AvgIpc) is 2.38. The first kappa shape index (κ1) is 13.5. The zero-order chi connectivity index (χ0) is 14.0. The number of hydrogen-bond acceptors (Lipinski definition) is 1. The van der Waals surface area contributed by atoms with Crippen molar-refractivity contribution in [2.45, 2.75) is 12.8 Å². The van der Waals surface area contributed by atoms with Gasteiger partial charge in [0.15, 0.2) is 0 Å². The van der Waals surface area contributed by atoms with Gasteiger partial charge in [-0.2, -0.15) is 13.2 Å². The lowest BCUT2D eigenvalue weighted by molar-refractivity contribution is -0.137. The van der Waals surface area contributed by atoms with E-state index in [4.69, 9.17) is 5.11 Å². The Labute approximate surface area is 107 Å². The lowest BCUT2D eigenvalue weighted by Crippen LogP contribution is -2.08. The van der Waals surface area contributed by atoms with E-state index in [1.165, 1.54) is 30.3 Å². The van der Waals surface area contributed by atoms with Gasteiger partial charge < -0.3 is 5.11 Å². The summed E-state index contributed by atoms with van der Waals surface area (Å²) in [4.78, 5) is 0. The van der Waals surface area contributed by atoms with E-state index in [1.54, 1.807) is 0 Å². The summed E-state index contributed by atoms with van der Waals surface area (Å²) >= 11 is 0. The van der Waals surface area contributed by atoms with Crippen molar-refractivity contribution in [3.63, 3.8) is 0 Å². The molecule has 19 heavy (non-hydrogen) atoms. The largest absolute Gasteiger partial charge is 0.417 e. The molecular weight excluding hydrogens is 260 g/mol. The van der Waals surface area contributed by atoms with Crippen molar-refractivity contribution in [2.75, 3.05) is 0 Å². The van der Waals surface area contributed by atoms with Crippen molar-refractivity contribution in [1.29, 1.82) is 0 Å². The van der Waals surface area contributed by atoms with Crippen molar-refractivity contribution in [3.05, 3.63) is 59.4 Å². The zero-order valence-corrected chi connectivity index (χ0v) is 9.71. The van der Waals surface area contributed by atoms with Crippen molar-refractivity contribution in [2.24, 2.45) is 0 Å². The highest BCUT2D eigenvalue weighted by Gasteiger charge is 2.34. The van der Waals surface area contributed by atoms with Crippen molar-refractivity contribution < 1.29 is 22.7 Å². The molecule has 5 heteroatoms. The Morgan fingerprint density at radius 1 is 0.947 bits per heavy atom. The molecule has 0 aromatic heterocycles. The maximum Gasteiger partial charge on any atom is 0.417 e. The fourth-order valence-electron chi connectivity index (χ4n) is 1.84. The Kier molecular flexibility index (Phi) is 3.57. The number of benzene rings is 2. The van der Waals surface area contributed by atoms with E-state index in [2.05, 4.69) is 0 Å². The first-order valence-corrected chi connectivity index (χ1v) is 5.49. The van der Waals surface area contributed by atoms with Gasteiger partial charge in [0.2, 0.25) is 0 Å².